The van der Waals surface area contributed by atoms with Crippen molar-refractivity contribution in [3.05, 3.63) is 28.2 Å². The maximum atomic E-state index is 12.2. The minimum absolute atomic E-state index is 0.0119. The largest absolute Gasteiger partial charge is 0.495 e. The minimum atomic E-state index is -2.47. The van der Waals surface area contributed by atoms with Crippen LogP contribution >= 0.6 is 10.6 Å². The van der Waals surface area contributed by atoms with Gasteiger partial charge in [-0.15, -0.1) is 0 Å². The van der Waals surface area contributed by atoms with E-state index in [9.17, 15) is 13.9 Å². The van der Waals surface area contributed by atoms with Gasteiger partial charge in [-0.1, -0.05) is 0 Å². The molecule has 0 aliphatic carbocycles. The fourth-order valence-corrected chi connectivity index (χ4v) is 3.77. The Bertz CT molecular complexity index is 566. The first-order chi connectivity index (χ1) is 8.98. The Morgan fingerprint density at radius 2 is 2.11 bits per heavy atom. The molecule has 19 heavy (non-hydrogen) atoms. The molecular weight excluding hydrogens is 268 g/mol. The number of aromatic nitrogens is 1. The van der Waals surface area contributed by atoms with Crippen LogP contribution in [0, 0.1) is 11.3 Å². The van der Waals surface area contributed by atoms with E-state index in [1.54, 1.807) is 12.3 Å². The molecule has 0 saturated carbocycles. The summed E-state index contributed by atoms with van der Waals surface area (Å²) < 4.78 is 25.6. The standard InChI is InChI=1S/C12H16N2O4S/c1-18-11-2-5-14(12(15)10(11)8-13)9-3-6-19(16,17)7-4-9/h2,5,9,16-17H,3-4,6-7H2,1H3. The van der Waals surface area contributed by atoms with Crippen LogP contribution in [0.1, 0.15) is 24.4 Å². The first kappa shape index (κ1) is 13.9. The van der Waals surface area contributed by atoms with Gasteiger partial charge in [0.15, 0.2) is 5.56 Å². The Labute approximate surface area is 112 Å². The molecule has 0 radical (unpaired) electrons. The van der Waals surface area contributed by atoms with Crippen molar-refractivity contribution in [2.24, 2.45) is 0 Å². The molecule has 1 aliphatic heterocycles. The van der Waals surface area contributed by atoms with Gasteiger partial charge in [0, 0.05) is 23.7 Å². The highest BCUT2D eigenvalue weighted by Crippen LogP contribution is 2.46. The number of nitrogens with zero attached hydrogens (tertiary/aromatic N) is 2. The van der Waals surface area contributed by atoms with Gasteiger partial charge >= 0.3 is 0 Å². The molecule has 0 amide bonds. The smallest absolute Gasteiger partial charge is 0.272 e. The Morgan fingerprint density at radius 1 is 1.47 bits per heavy atom. The van der Waals surface area contributed by atoms with E-state index in [2.05, 4.69) is 0 Å². The second-order valence-corrected chi connectivity index (χ2v) is 6.95. The Balaban J connectivity index is 2.33. The molecule has 2 rings (SSSR count). The van der Waals surface area contributed by atoms with Gasteiger partial charge in [0.25, 0.3) is 5.56 Å². The fraction of sp³-hybridized carbons (Fsp3) is 0.500. The van der Waals surface area contributed by atoms with Crippen LogP contribution in [0.25, 0.3) is 0 Å². The van der Waals surface area contributed by atoms with E-state index < -0.39 is 10.6 Å². The highest BCUT2D eigenvalue weighted by molar-refractivity contribution is 8.24. The monoisotopic (exact) mass is 284 g/mol. The van der Waals surface area contributed by atoms with Crippen molar-refractivity contribution in [1.29, 1.82) is 5.26 Å². The molecule has 0 aromatic carbocycles. The Hall–Kier alpha value is -1.49. The van der Waals surface area contributed by atoms with Gasteiger partial charge in [-0.05, 0) is 18.9 Å². The van der Waals surface area contributed by atoms with Crippen LogP contribution in [0.15, 0.2) is 17.1 Å². The Kier molecular flexibility index (Phi) is 3.85. The number of pyridine rings is 1. The molecule has 0 atom stereocenters. The molecule has 2 heterocycles. The molecule has 0 unspecified atom stereocenters. The molecule has 1 fully saturated rings. The van der Waals surface area contributed by atoms with Gasteiger partial charge in [-0.2, -0.15) is 15.9 Å². The average Bonchev–Trinajstić information content (AvgIpc) is 2.39. The van der Waals surface area contributed by atoms with Gasteiger partial charge in [0.2, 0.25) is 0 Å². The van der Waals surface area contributed by atoms with Crippen molar-refractivity contribution in [3.8, 4) is 11.8 Å². The lowest BCUT2D eigenvalue weighted by atomic mass is 10.1. The molecule has 2 N–H and O–H groups in total. The van der Waals surface area contributed by atoms with Crippen LogP contribution in [-0.2, 0) is 0 Å². The summed E-state index contributed by atoms with van der Waals surface area (Å²) in [6.45, 7) is 0. The second kappa shape index (κ2) is 5.25. The highest BCUT2D eigenvalue weighted by atomic mass is 32.3. The van der Waals surface area contributed by atoms with Crippen molar-refractivity contribution in [1.82, 2.24) is 4.57 Å². The molecule has 1 aromatic rings. The van der Waals surface area contributed by atoms with Gasteiger partial charge in [0.05, 0.1) is 7.11 Å². The van der Waals surface area contributed by atoms with E-state index in [-0.39, 0.29) is 22.9 Å². The third kappa shape index (κ3) is 2.76. The SMILES string of the molecule is COc1ccn(C2CCS(O)(O)CC2)c(=O)c1C#N. The van der Waals surface area contributed by atoms with Crippen LogP contribution in [0.2, 0.25) is 0 Å². The third-order valence-electron chi connectivity index (χ3n) is 3.36. The van der Waals surface area contributed by atoms with Crippen molar-refractivity contribution >= 4 is 10.6 Å². The van der Waals surface area contributed by atoms with Crippen molar-refractivity contribution in [3.63, 3.8) is 0 Å². The predicted octanol–water partition coefficient (Wildman–Crippen LogP) is 1.81. The van der Waals surface area contributed by atoms with Crippen molar-refractivity contribution < 1.29 is 13.8 Å². The lowest BCUT2D eigenvalue weighted by Crippen LogP contribution is -2.31. The minimum Gasteiger partial charge on any atom is -0.495 e. The van der Waals surface area contributed by atoms with Gasteiger partial charge in [0.1, 0.15) is 11.8 Å². The first-order valence-electron chi connectivity index (χ1n) is 5.91. The lowest BCUT2D eigenvalue weighted by molar-refractivity contribution is 0.391. The topological polar surface area (TPSA) is 95.5 Å². The normalized spacial score (nSPS) is 20.5. The van der Waals surface area contributed by atoms with Crippen LogP contribution < -0.4 is 10.3 Å². The quantitative estimate of drug-likeness (QED) is 0.863. The zero-order valence-electron chi connectivity index (χ0n) is 10.6. The number of hydrogen-bond acceptors (Lipinski definition) is 5. The van der Waals surface area contributed by atoms with Crippen molar-refractivity contribution in [2.45, 2.75) is 18.9 Å². The number of rotatable bonds is 2. The lowest BCUT2D eigenvalue weighted by Gasteiger charge is -2.39. The molecule has 7 heteroatoms. The fourth-order valence-electron chi connectivity index (χ4n) is 2.27. The maximum absolute atomic E-state index is 12.2. The van der Waals surface area contributed by atoms with E-state index in [1.165, 1.54) is 11.7 Å². The highest BCUT2D eigenvalue weighted by Gasteiger charge is 2.26. The number of hydrogen-bond donors (Lipinski definition) is 2. The summed E-state index contributed by atoms with van der Waals surface area (Å²) in [7, 11) is -1.06. The molecule has 0 spiro atoms. The summed E-state index contributed by atoms with van der Waals surface area (Å²) in [5.74, 6) is 0.875. The van der Waals surface area contributed by atoms with E-state index in [0.29, 0.717) is 24.3 Å². The van der Waals surface area contributed by atoms with E-state index in [0.717, 1.165) is 0 Å². The second-order valence-electron chi connectivity index (χ2n) is 4.52. The van der Waals surface area contributed by atoms with Crippen molar-refractivity contribution in [2.75, 3.05) is 18.6 Å². The number of methoxy groups -OCH3 is 1. The molecule has 1 saturated heterocycles. The molecule has 6 nitrogen and oxygen atoms in total. The first-order valence-corrected chi connectivity index (χ1v) is 7.80. The third-order valence-corrected chi connectivity index (χ3v) is 5.14. The zero-order valence-corrected chi connectivity index (χ0v) is 11.4. The summed E-state index contributed by atoms with van der Waals surface area (Å²) >= 11 is 0. The molecular formula is C12H16N2O4S. The van der Waals surface area contributed by atoms with Gasteiger partial charge in [-0.3, -0.25) is 13.9 Å². The summed E-state index contributed by atoms with van der Waals surface area (Å²) in [5, 5.41) is 9.02. The summed E-state index contributed by atoms with van der Waals surface area (Å²) in [4.78, 5) is 12.2. The molecule has 104 valence electrons. The van der Waals surface area contributed by atoms with E-state index in [1.807, 2.05) is 6.07 Å². The summed E-state index contributed by atoms with van der Waals surface area (Å²) in [6.07, 6.45) is 2.66. The zero-order chi connectivity index (χ0) is 14.0. The van der Waals surface area contributed by atoms with E-state index in [4.69, 9.17) is 10.00 Å². The summed E-state index contributed by atoms with van der Waals surface area (Å²) in [5.41, 5.74) is -0.396. The van der Waals surface area contributed by atoms with Gasteiger partial charge in [-0.25, -0.2) is 0 Å². The average molecular weight is 284 g/mol. The predicted molar refractivity (Wildman–Crippen MR) is 72.8 cm³/mol. The number of ether oxygens (including phenoxy) is 1. The van der Waals surface area contributed by atoms with Crippen LogP contribution in [0.4, 0.5) is 0 Å². The molecule has 1 aromatic heterocycles. The molecule has 1 aliphatic rings. The summed E-state index contributed by atoms with van der Waals surface area (Å²) in [6, 6.07) is 3.36. The van der Waals surface area contributed by atoms with Crippen LogP contribution in [0.3, 0.4) is 0 Å². The van der Waals surface area contributed by atoms with Crippen LogP contribution in [-0.4, -0.2) is 32.3 Å². The molecule has 0 bridgehead atoms. The maximum Gasteiger partial charge on any atom is 0.272 e. The number of nitriles is 1. The van der Waals surface area contributed by atoms with Gasteiger partial charge < -0.3 is 9.30 Å². The Morgan fingerprint density at radius 3 is 2.63 bits per heavy atom. The van der Waals surface area contributed by atoms with Crippen LogP contribution in [0.5, 0.6) is 5.75 Å². The van der Waals surface area contributed by atoms with E-state index >= 15 is 0 Å².